The second kappa shape index (κ2) is 7.94. The summed E-state index contributed by atoms with van der Waals surface area (Å²) in [5, 5.41) is 7.22. The van der Waals surface area contributed by atoms with Gasteiger partial charge in [-0.2, -0.15) is 5.10 Å². The van der Waals surface area contributed by atoms with Gasteiger partial charge in [-0.1, -0.05) is 12.8 Å². The summed E-state index contributed by atoms with van der Waals surface area (Å²) in [4.78, 5) is 11.8. The van der Waals surface area contributed by atoms with E-state index < -0.39 is 0 Å². The average molecular weight is 266 g/mol. The molecule has 1 aromatic rings. The first kappa shape index (κ1) is 15.7. The lowest BCUT2D eigenvalue weighted by atomic mass is 10.1. The van der Waals surface area contributed by atoms with E-state index in [4.69, 9.17) is 5.73 Å². The normalized spacial score (nSPS) is 12.4. The van der Waals surface area contributed by atoms with Crippen LogP contribution in [0.3, 0.4) is 0 Å². The van der Waals surface area contributed by atoms with E-state index in [9.17, 15) is 4.79 Å². The maximum atomic E-state index is 11.8. The lowest BCUT2D eigenvalue weighted by molar-refractivity contribution is -0.121. The highest BCUT2D eigenvalue weighted by Gasteiger charge is 2.14. The molecule has 0 aliphatic rings. The van der Waals surface area contributed by atoms with Gasteiger partial charge in [0.2, 0.25) is 5.91 Å². The Labute approximate surface area is 115 Å². The first-order chi connectivity index (χ1) is 9.06. The third kappa shape index (κ3) is 5.03. The van der Waals surface area contributed by atoms with Crippen molar-refractivity contribution in [3.63, 3.8) is 0 Å². The highest BCUT2D eigenvalue weighted by Crippen LogP contribution is 2.16. The predicted octanol–water partition coefficient (Wildman–Crippen LogP) is 1.81. The molecule has 0 aromatic carbocycles. The Kier molecular flexibility index (Phi) is 6.56. The number of unbranched alkanes of at least 4 members (excludes halogenated alkanes) is 3. The lowest BCUT2D eigenvalue weighted by Gasteiger charge is -2.13. The topological polar surface area (TPSA) is 72.9 Å². The molecular weight excluding hydrogens is 240 g/mol. The van der Waals surface area contributed by atoms with Gasteiger partial charge in [-0.05, 0) is 33.2 Å². The van der Waals surface area contributed by atoms with Crippen LogP contribution in [0, 0.1) is 6.92 Å². The van der Waals surface area contributed by atoms with Crippen molar-refractivity contribution < 1.29 is 4.79 Å². The van der Waals surface area contributed by atoms with Crippen LogP contribution in [0.15, 0.2) is 6.20 Å². The van der Waals surface area contributed by atoms with E-state index in [1.165, 1.54) is 0 Å². The van der Waals surface area contributed by atoms with Gasteiger partial charge in [0, 0.05) is 24.7 Å². The van der Waals surface area contributed by atoms with Gasteiger partial charge < -0.3 is 11.1 Å². The molecule has 3 N–H and O–H groups in total. The van der Waals surface area contributed by atoms with Crippen LogP contribution in [0.4, 0.5) is 0 Å². The molecule has 5 nitrogen and oxygen atoms in total. The molecule has 1 heterocycles. The number of nitrogens with two attached hydrogens (primary N) is 1. The zero-order chi connectivity index (χ0) is 14.3. The Balaban J connectivity index is 2.30. The van der Waals surface area contributed by atoms with Gasteiger partial charge in [0.15, 0.2) is 0 Å². The average Bonchev–Trinajstić information content (AvgIpc) is 2.70. The van der Waals surface area contributed by atoms with Gasteiger partial charge in [-0.3, -0.25) is 9.48 Å². The van der Waals surface area contributed by atoms with Crippen LogP contribution in [-0.2, 0) is 11.8 Å². The molecule has 5 heteroatoms. The summed E-state index contributed by atoms with van der Waals surface area (Å²) in [6.45, 7) is 4.75. The van der Waals surface area contributed by atoms with Crippen molar-refractivity contribution in [3.8, 4) is 0 Å². The number of nitrogens with zero attached hydrogens (tertiary/aromatic N) is 2. The summed E-state index contributed by atoms with van der Waals surface area (Å²) in [6.07, 6.45) is 6.58. The molecule has 19 heavy (non-hydrogen) atoms. The summed E-state index contributed by atoms with van der Waals surface area (Å²) in [5.41, 5.74) is 7.61. The zero-order valence-corrected chi connectivity index (χ0v) is 12.3. The molecule has 1 atom stereocenters. The second-order valence-corrected chi connectivity index (χ2v) is 5.05. The molecule has 1 aromatic heterocycles. The molecule has 0 radical (unpaired) electrons. The Morgan fingerprint density at radius 3 is 2.68 bits per heavy atom. The number of aromatic nitrogens is 2. The molecule has 1 amide bonds. The number of amides is 1. The molecule has 0 aliphatic carbocycles. The summed E-state index contributed by atoms with van der Waals surface area (Å²) >= 11 is 0. The van der Waals surface area contributed by atoms with Crippen molar-refractivity contribution in [2.45, 2.75) is 52.0 Å². The minimum atomic E-state index is 0.0187. The van der Waals surface area contributed by atoms with E-state index in [1.54, 1.807) is 0 Å². The Morgan fingerprint density at radius 2 is 2.11 bits per heavy atom. The Morgan fingerprint density at radius 1 is 1.42 bits per heavy atom. The van der Waals surface area contributed by atoms with Gasteiger partial charge in [0.05, 0.1) is 12.2 Å². The molecule has 0 fully saturated rings. The van der Waals surface area contributed by atoms with Crippen molar-refractivity contribution >= 4 is 5.91 Å². The van der Waals surface area contributed by atoms with E-state index in [-0.39, 0.29) is 11.9 Å². The summed E-state index contributed by atoms with van der Waals surface area (Å²) in [6, 6.07) is 0.0187. The number of hydrogen-bond donors (Lipinski definition) is 2. The van der Waals surface area contributed by atoms with Crippen molar-refractivity contribution in [2.24, 2.45) is 12.8 Å². The molecule has 0 aliphatic heterocycles. The van der Waals surface area contributed by atoms with E-state index >= 15 is 0 Å². The van der Waals surface area contributed by atoms with Gasteiger partial charge in [0.1, 0.15) is 0 Å². The second-order valence-electron chi connectivity index (χ2n) is 5.05. The van der Waals surface area contributed by atoms with Crippen molar-refractivity contribution in [3.05, 3.63) is 17.5 Å². The standard InChI is InChI=1S/C14H26N4O/c1-11(13-10-16-18(3)12(13)2)17-14(19)8-6-4-5-7-9-15/h10-11H,4-9,15H2,1-3H3,(H,17,19). The number of aryl methyl sites for hydroxylation is 1. The smallest absolute Gasteiger partial charge is 0.220 e. The summed E-state index contributed by atoms with van der Waals surface area (Å²) in [7, 11) is 1.91. The highest BCUT2D eigenvalue weighted by molar-refractivity contribution is 5.76. The quantitative estimate of drug-likeness (QED) is 0.705. The maximum Gasteiger partial charge on any atom is 0.220 e. The van der Waals surface area contributed by atoms with Crippen molar-refractivity contribution in [2.75, 3.05) is 6.54 Å². The molecule has 0 saturated carbocycles. The molecule has 1 rings (SSSR count). The first-order valence-corrected chi connectivity index (χ1v) is 7.04. The summed E-state index contributed by atoms with van der Waals surface area (Å²) < 4.78 is 1.82. The van der Waals surface area contributed by atoms with E-state index in [1.807, 2.05) is 31.8 Å². The number of carbonyl (C=O) groups excluding carboxylic acids is 1. The van der Waals surface area contributed by atoms with Gasteiger partial charge in [-0.25, -0.2) is 0 Å². The van der Waals surface area contributed by atoms with E-state index in [0.717, 1.165) is 43.5 Å². The third-order valence-corrected chi connectivity index (χ3v) is 3.48. The van der Waals surface area contributed by atoms with Crippen LogP contribution in [0.2, 0.25) is 0 Å². The molecule has 108 valence electrons. The predicted molar refractivity (Wildman–Crippen MR) is 76.6 cm³/mol. The van der Waals surface area contributed by atoms with Crippen LogP contribution in [0.1, 0.15) is 56.3 Å². The van der Waals surface area contributed by atoms with Gasteiger partial charge in [0.25, 0.3) is 0 Å². The molecular formula is C14H26N4O. The zero-order valence-electron chi connectivity index (χ0n) is 12.3. The summed E-state index contributed by atoms with van der Waals surface area (Å²) in [5.74, 6) is 0.114. The number of rotatable bonds is 8. The third-order valence-electron chi connectivity index (χ3n) is 3.48. The Bertz CT molecular complexity index is 400. The maximum absolute atomic E-state index is 11.8. The van der Waals surface area contributed by atoms with E-state index in [0.29, 0.717) is 6.42 Å². The largest absolute Gasteiger partial charge is 0.349 e. The Hall–Kier alpha value is -1.36. The van der Waals surface area contributed by atoms with E-state index in [2.05, 4.69) is 10.4 Å². The fraction of sp³-hybridized carbons (Fsp3) is 0.714. The minimum absolute atomic E-state index is 0.0187. The fourth-order valence-electron chi connectivity index (χ4n) is 2.12. The lowest BCUT2D eigenvalue weighted by Crippen LogP contribution is -2.26. The van der Waals surface area contributed by atoms with Gasteiger partial charge >= 0.3 is 0 Å². The SMILES string of the molecule is Cc1c(C(C)NC(=O)CCCCCCN)cnn1C. The highest BCUT2D eigenvalue weighted by atomic mass is 16.1. The number of nitrogens with one attached hydrogen (secondary N) is 1. The van der Waals surface area contributed by atoms with Crippen LogP contribution in [0.25, 0.3) is 0 Å². The fourth-order valence-corrected chi connectivity index (χ4v) is 2.12. The van der Waals surface area contributed by atoms with Crippen LogP contribution < -0.4 is 11.1 Å². The molecule has 0 spiro atoms. The van der Waals surface area contributed by atoms with Crippen LogP contribution in [-0.4, -0.2) is 22.2 Å². The van der Waals surface area contributed by atoms with Crippen LogP contribution in [0.5, 0.6) is 0 Å². The molecule has 0 saturated heterocycles. The minimum Gasteiger partial charge on any atom is -0.349 e. The van der Waals surface area contributed by atoms with Gasteiger partial charge in [-0.15, -0.1) is 0 Å². The number of hydrogen-bond acceptors (Lipinski definition) is 3. The molecule has 0 bridgehead atoms. The van der Waals surface area contributed by atoms with Crippen molar-refractivity contribution in [1.29, 1.82) is 0 Å². The molecule has 1 unspecified atom stereocenters. The first-order valence-electron chi connectivity index (χ1n) is 7.04. The van der Waals surface area contributed by atoms with Crippen LogP contribution >= 0.6 is 0 Å². The van der Waals surface area contributed by atoms with Crippen molar-refractivity contribution in [1.82, 2.24) is 15.1 Å². The number of carbonyl (C=O) groups is 1. The monoisotopic (exact) mass is 266 g/mol.